The molecule has 2 rings (SSSR count). The van der Waals surface area contributed by atoms with Gasteiger partial charge in [0.1, 0.15) is 5.60 Å². The van der Waals surface area contributed by atoms with Gasteiger partial charge in [0.15, 0.2) is 0 Å². The van der Waals surface area contributed by atoms with Gasteiger partial charge in [0.2, 0.25) is 5.91 Å². The van der Waals surface area contributed by atoms with Gasteiger partial charge in [-0.1, -0.05) is 17.7 Å². The van der Waals surface area contributed by atoms with Crippen molar-refractivity contribution in [2.24, 2.45) is 0 Å². The Labute approximate surface area is 172 Å². The molecule has 0 spiro atoms. The fourth-order valence-corrected chi connectivity index (χ4v) is 3.35. The zero-order valence-electron chi connectivity index (χ0n) is 17.3. The smallest absolute Gasteiger partial charge is 0.410 e. The van der Waals surface area contributed by atoms with Gasteiger partial charge in [0.05, 0.1) is 6.04 Å². The minimum atomic E-state index is -0.499. The lowest BCUT2D eigenvalue weighted by Crippen LogP contribution is -2.40. The summed E-state index contributed by atoms with van der Waals surface area (Å²) in [6.07, 6.45) is 3.18. The van der Waals surface area contributed by atoms with E-state index in [4.69, 9.17) is 16.3 Å². The maximum absolute atomic E-state index is 12.2. The van der Waals surface area contributed by atoms with Crippen LogP contribution in [0.25, 0.3) is 0 Å². The molecule has 1 fully saturated rings. The molecule has 2 amide bonds. The van der Waals surface area contributed by atoms with Crippen LogP contribution in [-0.4, -0.2) is 48.7 Å². The maximum atomic E-state index is 12.2. The summed E-state index contributed by atoms with van der Waals surface area (Å²) in [6, 6.07) is 5.66. The molecule has 0 aromatic heterocycles. The largest absolute Gasteiger partial charge is 0.444 e. The number of nitrogens with one attached hydrogen (secondary N) is 2. The van der Waals surface area contributed by atoms with E-state index >= 15 is 0 Å². The van der Waals surface area contributed by atoms with Crippen LogP contribution in [0.3, 0.4) is 0 Å². The van der Waals surface area contributed by atoms with Crippen molar-refractivity contribution in [2.75, 3.05) is 20.1 Å². The van der Waals surface area contributed by atoms with Crippen LogP contribution in [-0.2, 0) is 22.5 Å². The highest BCUT2D eigenvalue weighted by molar-refractivity contribution is 6.30. The van der Waals surface area contributed by atoms with Gasteiger partial charge >= 0.3 is 6.09 Å². The van der Waals surface area contributed by atoms with Crippen molar-refractivity contribution in [3.05, 3.63) is 34.3 Å². The number of benzene rings is 1. The van der Waals surface area contributed by atoms with Gasteiger partial charge in [-0.15, -0.1) is 0 Å². The highest BCUT2D eigenvalue weighted by atomic mass is 35.5. The van der Waals surface area contributed by atoms with Gasteiger partial charge in [-0.25, -0.2) is 4.79 Å². The summed E-state index contributed by atoms with van der Waals surface area (Å²) in [4.78, 5) is 25.9. The topological polar surface area (TPSA) is 70.7 Å². The number of hydrogen-bond acceptors (Lipinski definition) is 4. The fourth-order valence-electron chi connectivity index (χ4n) is 3.15. The zero-order valence-corrected chi connectivity index (χ0v) is 18.1. The lowest BCUT2D eigenvalue weighted by atomic mass is 10.0. The molecule has 1 aliphatic rings. The van der Waals surface area contributed by atoms with E-state index in [9.17, 15) is 9.59 Å². The number of nitrogens with zero attached hydrogens (tertiary/aromatic N) is 1. The zero-order chi connectivity index (χ0) is 20.7. The second-order valence-electron chi connectivity index (χ2n) is 8.29. The first-order chi connectivity index (χ1) is 13.2. The molecule has 7 heteroatoms. The second kappa shape index (κ2) is 10.1. The van der Waals surface area contributed by atoms with E-state index in [0.29, 0.717) is 18.1 Å². The van der Waals surface area contributed by atoms with Gasteiger partial charge in [0, 0.05) is 25.2 Å². The van der Waals surface area contributed by atoms with Gasteiger partial charge in [0.25, 0.3) is 0 Å². The number of rotatable bonds is 7. The molecule has 1 saturated heterocycles. The Hall–Kier alpha value is -1.79. The van der Waals surface area contributed by atoms with Crippen molar-refractivity contribution in [1.82, 2.24) is 15.5 Å². The number of carbonyl (C=O) groups is 2. The van der Waals surface area contributed by atoms with Crippen molar-refractivity contribution < 1.29 is 14.3 Å². The van der Waals surface area contributed by atoms with Crippen LogP contribution < -0.4 is 10.6 Å². The van der Waals surface area contributed by atoms with Gasteiger partial charge in [-0.05, 0) is 76.3 Å². The molecule has 1 atom stereocenters. The molecule has 156 valence electrons. The van der Waals surface area contributed by atoms with Crippen molar-refractivity contribution in [1.29, 1.82) is 0 Å². The van der Waals surface area contributed by atoms with Crippen LogP contribution >= 0.6 is 11.6 Å². The molecule has 2 N–H and O–H groups in total. The van der Waals surface area contributed by atoms with E-state index in [1.807, 2.05) is 39.0 Å². The van der Waals surface area contributed by atoms with Crippen molar-refractivity contribution in [3.63, 3.8) is 0 Å². The third-order valence-electron chi connectivity index (χ3n) is 4.64. The predicted octanol–water partition coefficient (Wildman–Crippen LogP) is 3.51. The number of hydrogen-bond donors (Lipinski definition) is 2. The van der Waals surface area contributed by atoms with Crippen LogP contribution in [0.1, 0.15) is 51.2 Å². The third kappa shape index (κ3) is 7.32. The molecule has 6 nitrogen and oxygen atoms in total. The fraction of sp³-hybridized carbons (Fsp3) is 0.619. The molecule has 0 saturated carbocycles. The Bertz CT molecular complexity index is 682. The van der Waals surface area contributed by atoms with E-state index in [-0.39, 0.29) is 18.0 Å². The summed E-state index contributed by atoms with van der Waals surface area (Å²) >= 11 is 6.15. The van der Waals surface area contributed by atoms with Crippen molar-refractivity contribution in [3.8, 4) is 0 Å². The van der Waals surface area contributed by atoms with E-state index in [0.717, 1.165) is 43.4 Å². The number of carbonyl (C=O) groups excluding carboxylic acids is 2. The Balaban J connectivity index is 1.87. The molecule has 1 aliphatic heterocycles. The van der Waals surface area contributed by atoms with E-state index in [2.05, 4.69) is 10.6 Å². The normalized spacial score (nSPS) is 16.7. The average Bonchev–Trinajstić information content (AvgIpc) is 3.14. The van der Waals surface area contributed by atoms with Crippen molar-refractivity contribution in [2.45, 2.75) is 64.6 Å². The average molecular weight is 410 g/mol. The highest BCUT2D eigenvalue weighted by Crippen LogP contribution is 2.18. The Morgan fingerprint density at radius 2 is 2.07 bits per heavy atom. The molecule has 1 heterocycles. The van der Waals surface area contributed by atoms with Crippen LogP contribution in [0.5, 0.6) is 0 Å². The summed E-state index contributed by atoms with van der Waals surface area (Å²) in [7, 11) is 1.74. The lowest BCUT2D eigenvalue weighted by Gasteiger charge is -2.24. The first-order valence-electron chi connectivity index (χ1n) is 9.88. The third-order valence-corrected chi connectivity index (χ3v) is 4.88. The molecule has 28 heavy (non-hydrogen) atoms. The number of amides is 2. The SMILES string of the molecule is CN(CCCc1ccc(Cl)cc1CNC(=O)[C@@H]1CCCN1)C(=O)OC(C)(C)C. The summed E-state index contributed by atoms with van der Waals surface area (Å²) < 4.78 is 5.37. The maximum Gasteiger partial charge on any atom is 0.410 e. The van der Waals surface area contributed by atoms with Gasteiger partial charge in [-0.2, -0.15) is 0 Å². The minimum absolute atomic E-state index is 0.0353. The van der Waals surface area contributed by atoms with Gasteiger partial charge in [-0.3, -0.25) is 4.79 Å². The van der Waals surface area contributed by atoms with Crippen LogP contribution in [0.15, 0.2) is 18.2 Å². The van der Waals surface area contributed by atoms with Crippen LogP contribution in [0.4, 0.5) is 4.79 Å². The second-order valence-corrected chi connectivity index (χ2v) is 8.72. The lowest BCUT2D eigenvalue weighted by molar-refractivity contribution is -0.122. The molecular weight excluding hydrogens is 378 g/mol. The predicted molar refractivity (Wildman–Crippen MR) is 112 cm³/mol. The van der Waals surface area contributed by atoms with Gasteiger partial charge < -0.3 is 20.3 Å². The van der Waals surface area contributed by atoms with E-state index in [1.165, 1.54) is 0 Å². The standard InChI is InChI=1S/C21H32ClN3O3/c1-21(2,3)28-20(27)25(4)12-6-7-15-9-10-17(22)13-16(15)14-24-19(26)18-8-5-11-23-18/h9-10,13,18,23H,5-8,11-12,14H2,1-4H3,(H,24,26)/t18-/m0/s1. The van der Waals surface area contributed by atoms with E-state index < -0.39 is 5.60 Å². The van der Waals surface area contributed by atoms with E-state index in [1.54, 1.807) is 11.9 Å². The molecule has 0 aliphatic carbocycles. The Kier molecular flexibility index (Phi) is 8.13. The molecule has 0 bridgehead atoms. The summed E-state index contributed by atoms with van der Waals surface area (Å²) in [5.74, 6) is 0.0353. The highest BCUT2D eigenvalue weighted by Gasteiger charge is 2.22. The monoisotopic (exact) mass is 409 g/mol. The quantitative estimate of drug-likeness (QED) is 0.722. The minimum Gasteiger partial charge on any atom is -0.444 e. The number of halogens is 1. The summed E-state index contributed by atoms with van der Waals surface area (Å²) in [5.41, 5.74) is 1.64. The molecular formula is C21H32ClN3O3. The Morgan fingerprint density at radius 1 is 1.32 bits per heavy atom. The first kappa shape index (κ1) is 22.5. The first-order valence-corrected chi connectivity index (χ1v) is 10.3. The number of ether oxygens (including phenoxy) is 1. The van der Waals surface area contributed by atoms with Crippen molar-refractivity contribution >= 4 is 23.6 Å². The molecule has 1 aromatic carbocycles. The summed E-state index contributed by atoms with van der Waals surface area (Å²) in [5, 5.41) is 6.86. The summed E-state index contributed by atoms with van der Waals surface area (Å²) in [6.45, 7) is 7.51. The Morgan fingerprint density at radius 3 is 2.71 bits per heavy atom. The molecule has 0 unspecified atom stereocenters. The molecule has 0 radical (unpaired) electrons. The van der Waals surface area contributed by atoms with Crippen LogP contribution in [0.2, 0.25) is 5.02 Å². The van der Waals surface area contributed by atoms with Crippen LogP contribution in [0, 0.1) is 0 Å². The molecule has 1 aromatic rings. The number of aryl methyl sites for hydroxylation is 1.